The molecule has 0 aliphatic carbocycles. The standard InChI is InChI=1S/C9H11BrN2O/c1-2-3-4-13-9-8(10)5-7(11)6-12-9/h2-3,5-6H,4,11H2,1H3/b3-2+. The summed E-state index contributed by atoms with van der Waals surface area (Å²) in [5.41, 5.74) is 6.14. The molecule has 70 valence electrons. The number of allylic oxidation sites excluding steroid dienone is 1. The van der Waals surface area contributed by atoms with Crippen molar-refractivity contribution in [3.05, 3.63) is 28.9 Å². The fourth-order valence-corrected chi connectivity index (χ4v) is 1.25. The summed E-state index contributed by atoms with van der Waals surface area (Å²) in [7, 11) is 0. The Bertz CT molecular complexity index is 312. The van der Waals surface area contributed by atoms with Crippen LogP contribution in [0.4, 0.5) is 5.69 Å². The van der Waals surface area contributed by atoms with E-state index in [0.717, 1.165) is 4.47 Å². The fraction of sp³-hybridized carbons (Fsp3) is 0.222. The van der Waals surface area contributed by atoms with Crippen LogP contribution in [0.25, 0.3) is 0 Å². The molecule has 0 aromatic carbocycles. The zero-order valence-electron chi connectivity index (χ0n) is 7.33. The molecular formula is C9H11BrN2O. The molecule has 1 heterocycles. The summed E-state index contributed by atoms with van der Waals surface area (Å²) in [6.07, 6.45) is 5.39. The van der Waals surface area contributed by atoms with Gasteiger partial charge in [-0.15, -0.1) is 0 Å². The fourth-order valence-electron chi connectivity index (χ4n) is 0.770. The molecule has 0 aliphatic rings. The van der Waals surface area contributed by atoms with Crippen molar-refractivity contribution in [2.24, 2.45) is 0 Å². The zero-order chi connectivity index (χ0) is 9.68. The highest BCUT2D eigenvalue weighted by atomic mass is 79.9. The second kappa shape index (κ2) is 4.87. The molecule has 0 atom stereocenters. The third-order valence-electron chi connectivity index (χ3n) is 1.38. The molecule has 0 unspecified atom stereocenters. The number of halogens is 1. The van der Waals surface area contributed by atoms with Gasteiger partial charge in [0.05, 0.1) is 16.4 Å². The van der Waals surface area contributed by atoms with E-state index >= 15 is 0 Å². The van der Waals surface area contributed by atoms with E-state index in [1.165, 1.54) is 0 Å². The van der Waals surface area contributed by atoms with Gasteiger partial charge >= 0.3 is 0 Å². The van der Waals surface area contributed by atoms with Crippen molar-refractivity contribution in [3.8, 4) is 5.88 Å². The first-order chi connectivity index (χ1) is 6.24. The Morgan fingerprint density at radius 2 is 2.46 bits per heavy atom. The second-order valence-corrected chi connectivity index (χ2v) is 3.29. The summed E-state index contributed by atoms with van der Waals surface area (Å²) in [5, 5.41) is 0. The van der Waals surface area contributed by atoms with Gasteiger partial charge in [0.2, 0.25) is 5.88 Å². The highest BCUT2D eigenvalue weighted by molar-refractivity contribution is 9.10. The van der Waals surface area contributed by atoms with E-state index in [1.807, 2.05) is 19.1 Å². The summed E-state index contributed by atoms with van der Waals surface area (Å²) < 4.78 is 6.11. The van der Waals surface area contributed by atoms with Crippen molar-refractivity contribution in [2.75, 3.05) is 12.3 Å². The quantitative estimate of drug-likeness (QED) is 0.829. The summed E-state index contributed by atoms with van der Waals surface area (Å²) in [4.78, 5) is 4.02. The van der Waals surface area contributed by atoms with Crippen LogP contribution in [-0.4, -0.2) is 11.6 Å². The summed E-state index contributed by atoms with van der Waals surface area (Å²) >= 11 is 3.31. The largest absolute Gasteiger partial charge is 0.473 e. The van der Waals surface area contributed by atoms with Gasteiger partial charge in [-0.1, -0.05) is 12.2 Å². The number of nitrogen functional groups attached to an aromatic ring is 1. The molecule has 3 nitrogen and oxygen atoms in total. The molecule has 1 aromatic rings. The molecule has 4 heteroatoms. The lowest BCUT2D eigenvalue weighted by Crippen LogP contribution is -1.97. The first-order valence-corrected chi connectivity index (χ1v) is 4.68. The lowest BCUT2D eigenvalue weighted by molar-refractivity contribution is 0.346. The number of nitrogens with zero attached hydrogens (tertiary/aromatic N) is 1. The maximum atomic E-state index is 5.52. The molecule has 0 bridgehead atoms. The summed E-state index contributed by atoms with van der Waals surface area (Å²) in [5.74, 6) is 0.562. The number of rotatable bonds is 3. The lowest BCUT2D eigenvalue weighted by atomic mass is 10.4. The minimum atomic E-state index is 0.520. The van der Waals surface area contributed by atoms with Gasteiger partial charge in [-0.2, -0.15) is 0 Å². The molecule has 0 amide bonds. The van der Waals surface area contributed by atoms with Crippen molar-refractivity contribution < 1.29 is 4.74 Å². The van der Waals surface area contributed by atoms with E-state index in [9.17, 15) is 0 Å². The van der Waals surface area contributed by atoms with Gasteiger partial charge in [0.1, 0.15) is 6.61 Å². The Morgan fingerprint density at radius 1 is 1.69 bits per heavy atom. The predicted molar refractivity (Wildman–Crippen MR) is 56.7 cm³/mol. The average Bonchev–Trinajstić information content (AvgIpc) is 2.09. The monoisotopic (exact) mass is 242 g/mol. The van der Waals surface area contributed by atoms with E-state index in [4.69, 9.17) is 10.5 Å². The Labute approximate surface area is 85.7 Å². The molecule has 0 saturated carbocycles. The zero-order valence-corrected chi connectivity index (χ0v) is 8.91. The van der Waals surface area contributed by atoms with Gasteiger partial charge in [0.25, 0.3) is 0 Å². The predicted octanol–water partition coefficient (Wildman–Crippen LogP) is 2.38. The topological polar surface area (TPSA) is 48.1 Å². The molecule has 1 aromatic heterocycles. The third-order valence-corrected chi connectivity index (χ3v) is 1.95. The minimum Gasteiger partial charge on any atom is -0.473 e. The van der Waals surface area contributed by atoms with Crippen LogP contribution in [-0.2, 0) is 0 Å². The van der Waals surface area contributed by atoms with Crippen LogP contribution in [0.2, 0.25) is 0 Å². The molecule has 0 fully saturated rings. The highest BCUT2D eigenvalue weighted by Crippen LogP contribution is 2.23. The summed E-state index contributed by atoms with van der Waals surface area (Å²) in [6, 6.07) is 1.76. The van der Waals surface area contributed by atoms with Crippen molar-refractivity contribution in [2.45, 2.75) is 6.92 Å². The van der Waals surface area contributed by atoms with E-state index in [1.54, 1.807) is 12.3 Å². The molecule has 0 spiro atoms. The van der Waals surface area contributed by atoms with E-state index in [2.05, 4.69) is 20.9 Å². The molecule has 2 N–H and O–H groups in total. The minimum absolute atomic E-state index is 0.520. The Balaban J connectivity index is 2.66. The average molecular weight is 243 g/mol. The Hall–Kier alpha value is -1.03. The van der Waals surface area contributed by atoms with Crippen LogP contribution in [0.15, 0.2) is 28.9 Å². The van der Waals surface area contributed by atoms with E-state index < -0.39 is 0 Å². The lowest BCUT2D eigenvalue weighted by Gasteiger charge is -2.04. The maximum Gasteiger partial charge on any atom is 0.228 e. The number of hydrogen-bond acceptors (Lipinski definition) is 3. The van der Waals surface area contributed by atoms with Gasteiger partial charge in [0.15, 0.2) is 0 Å². The van der Waals surface area contributed by atoms with Gasteiger partial charge in [0, 0.05) is 0 Å². The maximum absolute atomic E-state index is 5.52. The number of nitrogens with two attached hydrogens (primary N) is 1. The van der Waals surface area contributed by atoms with Gasteiger partial charge in [-0.3, -0.25) is 0 Å². The number of ether oxygens (including phenoxy) is 1. The Morgan fingerprint density at radius 3 is 3.08 bits per heavy atom. The molecular weight excluding hydrogens is 232 g/mol. The van der Waals surface area contributed by atoms with Crippen LogP contribution in [0.5, 0.6) is 5.88 Å². The van der Waals surface area contributed by atoms with Crippen LogP contribution >= 0.6 is 15.9 Å². The van der Waals surface area contributed by atoms with Crippen LogP contribution in [0.3, 0.4) is 0 Å². The number of hydrogen-bond donors (Lipinski definition) is 1. The van der Waals surface area contributed by atoms with Crippen molar-refractivity contribution in [3.63, 3.8) is 0 Å². The highest BCUT2D eigenvalue weighted by Gasteiger charge is 2.01. The van der Waals surface area contributed by atoms with Gasteiger partial charge < -0.3 is 10.5 Å². The van der Waals surface area contributed by atoms with Crippen LogP contribution in [0.1, 0.15) is 6.92 Å². The SMILES string of the molecule is C/C=C/COc1ncc(N)cc1Br. The number of aromatic nitrogens is 1. The smallest absolute Gasteiger partial charge is 0.228 e. The first-order valence-electron chi connectivity index (χ1n) is 3.89. The van der Waals surface area contributed by atoms with Crippen LogP contribution < -0.4 is 10.5 Å². The molecule has 0 aliphatic heterocycles. The third kappa shape index (κ3) is 3.06. The van der Waals surface area contributed by atoms with Gasteiger partial charge in [-0.05, 0) is 28.9 Å². The number of anilines is 1. The molecule has 13 heavy (non-hydrogen) atoms. The molecule has 0 saturated heterocycles. The summed E-state index contributed by atoms with van der Waals surface area (Å²) in [6.45, 7) is 2.46. The number of pyridine rings is 1. The first kappa shape index (κ1) is 10.1. The van der Waals surface area contributed by atoms with Crippen molar-refractivity contribution >= 4 is 21.6 Å². The van der Waals surface area contributed by atoms with Crippen molar-refractivity contribution in [1.29, 1.82) is 0 Å². The molecule has 1 rings (SSSR count). The second-order valence-electron chi connectivity index (χ2n) is 2.44. The molecule has 0 radical (unpaired) electrons. The van der Waals surface area contributed by atoms with E-state index in [-0.39, 0.29) is 0 Å². The normalized spacial score (nSPS) is 10.6. The van der Waals surface area contributed by atoms with Crippen LogP contribution in [0, 0.1) is 0 Å². The van der Waals surface area contributed by atoms with Gasteiger partial charge in [-0.25, -0.2) is 4.98 Å². The van der Waals surface area contributed by atoms with Crippen molar-refractivity contribution in [1.82, 2.24) is 4.98 Å². The van der Waals surface area contributed by atoms with E-state index in [0.29, 0.717) is 18.2 Å². The Kier molecular flexibility index (Phi) is 3.76.